The molecule has 1 aromatic heterocycles. The largest absolute Gasteiger partial charge is 0.341 e. The molecule has 0 N–H and O–H groups in total. The number of likely N-dealkylation sites (tertiary alicyclic amines) is 1. The molecule has 1 saturated heterocycles. The van der Waals surface area contributed by atoms with Crippen molar-refractivity contribution in [2.45, 2.75) is 39.2 Å². The van der Waals surface area contributed by atoms with E-state index in [9.17, 15) is 14.4 Å². The number of hydrogen-bond acceptors (Lipinski definition) is 4. The molecule has 0 unspecified atom stereocenters. The topological polar surface area (TPSA) is 75.5 Å². The van der Waals surface area contributed by atoms with Gasteiger partial charge in [0.15, 0.2) is 0 Å². The second-order valence-electron chi connectivity index (χ2n) is 8.27. The number of piperidine rings is 1. The van der Waals surface area contributed by atoms with Crippen LogP contribution in [0, 0.1) is 6.92 Å². The monoisotopic (exact) mass is 432 g/mol. The fourth-order valence-electron chi connectivity index (χ4n) is 4.04. The number of nitrogens with zero attached hydrogens (tertiary/aromatic N) is 4. The highest BCUT2D eigenvalue weighted by Gasteiger charge is 2.23. The fraction of sp³-hybridized carbons (Fsp3) is 0.360. The molecule has 4 rings (SSSR count). The summed E-state index contributed by atoms with van der Waals surface area (Å²) in [5.41, 5.74) is 2.23. The van der Waals surface area contributed by atoms with Gasteiger partial charge in [0.05, 0.1) is 17.2 Å². The van der Waals surface area contributed by atoms with Crippen LogP contribution in [0.5, 0.6) is 0 Å². The lowest BCUT2D eigenvalue weighted by molar-refractivity contribution is -0.132. The third kappa shape index (κ3) is 4.88. The van der Waals surface area contributed by atoms with Crippen molar-refractivity contribution in [2.24, 2.45) is 0 Å². The quantitative estimate of drug-likeness (QED) is 0.600. The van der Waals surface area contributed by atoms with E-state index in [0.717, 1.165) is 37.9 Å². The maximum Gasteiger partial charge on any atom is 0.261 e. The van der Waals surface area contributed by atoms with Gasteiger partial charge in [0.2, 0.25) is 11.8 Å². The predicted molar refractivity (Wildman–Crippen MR) is 125 cm³/mol. The molecule has 0 radical (unpaired) electrons. The summed E-state index contributed by atoms with van der Waals surface area (Å²) in [6.45, 7) is 3.68. The van der Waals surface area contributed by atoms with Crippen LogP contribution in [0.4, 0.5) is 5.69 Å². The summed E-state index contributed by atoms with van der Waals surface area (Å²) in [6, 6.07) is 14.7. The normalized spacial score (nSPS) is 13.8. The van der Waals surface area contributed by atoms with Gasteiger partial charge in [0, 0.05) is 31.7 Å². The van der Waals surface area contributed by atoms with Gasteiger partial charge in [0.25, 0.3) is 5.56 Å². The summed E-state index contributed by atoms with van der Waals surface area (Å²) >= 11 is 0. The summed E-state index contributed by atoms with van der Waals surface area (Å²) in [4.78, 5) is 46.5. The van der Waals surface area contributed by atoms with Crippen LogP contribution in [0.15, 0.2) is 59.7 Å². The van der Waals surface area contributed by atoms with E-state index < -0.39 is 0 Å². The average molecular weight is 433 g/mol. The van der Waals surface area contributed by atoms with Gasteiger partial charge >= 0.3 is 0 Å². The lowest BCUT2D eigenvalue weighted by Crippen LogP contribution is -2.45. The summed E-state index contributed by atoms with van der Waals surface area (Å²) in [5.74, 6) is -0.234. The van der Waals surface area contributed by atoms with Crippen LogP contribution in [0.1, 0.15) is 31.2 Å². The van der Waals surface area contributed by atoms with Crippen molar-refractivity contribution >= 4 is 28.4 Å². The number of para-hydroxylation sites is 1. The minimum absolute atomic E-state index is 0.00671. The van der Waals surface area contributed by atoms with Crippen molar-refractivity contribution in [3.63, 3.8) is 0 Å². The number of hydrogen-bond donors (Lipinski definition) is 0. The van der Waals surface area contributed by atoms with Gasteiger partial charge in [-0.3, -0.25) is 19.0 Å². The molecule has 166 valence electrons. The molecular weight excluding hydrogens is 404 g/mol. The number of fused-ring (bicyclic) bond motifs is 1. The third-order valence-corrected chi connectivity index (χ3v) is 5.95. The predicted octanol–water partition coefficient (Wildman–Crippen LogP) is 3.14. The van der Waals surface area contributed by atoms with Crippen LogP contribution in [0.3, 0.4) is 0 Å². The minimum atomic E-state index is -0.195. The van der Waals surface area contributed by atoms with Crippen molar-refractivity contribution < 1.29 is 9.59 Å². The summed E-state index contributed by atoms with van der Waals surface area (Å²) in [6.07, 6.45) is 4.72. The molecule has 1 aliphatic rings. The zero-order chi connectivity index (χ0) is 22.5. The zero-order valence-electron chi connectivity index (χ0n) is 18.4. The van der Waals surface area contributed by atoms with E-state index in [1.54, 1.807) is 18.2 Å². The summed E-state index contributed by atoms with van der Waals surface area (Å²) in [7, 11) is 0. The number of aromatic nitrogens is 2. The van der Waals surface area contributed by atoms with Crippen molar-refractivity contribution in [2.75, 3.05) is 24.5 Å². The highest BCUT2D eigenvalue weighted by molar-refractivity contribution is 5.98. The second kappa shape index (κ2) is 9.77. The average Bonchev–Trinajstić information content (AvgIpc) is 2.83. The Bertz CT molecular complexity index is 1160. The lowest BCUT2D eigenvalue weighted by Gasteiger charge is -2.30. The Morgan fingerprint density at radius 3 is 2.47 bits per heavy atom. The first-order valence-electron chi connectivity index (χ1n) is 11.1. The van der Waals surface area contributed by atoms with Gasteiger partial charge in [-0.15, -0.1) is 0 Å². The van der Waals surface area contributed by atoms with Gasteiger partial charge in [-0.05, 0) is 50.5 Å². The first-order valence-corrected chi connectivity index (χ1v) is 11.1. The molecule has 0 atom stereocenters. The highest BCUT2D eigenvalue weighted by atomic mass is 16.2. The van der Waals surface area contributed by atoms with Crippen molar-refractivity contribution in [3.05, 3.63) is 70.8 Å². The van der Waals surface area contributed by atoms with Gasteiger partial charge in [-0.1, -0.05) is 29.8 Å². The number of aryl methyl sites for hydroxylation is 2. The molecule has 1 aliphatic heterocycles. The molecule has 2 heterocycles. The second-order valence-corrected chi connectivity index (χ2v) is 8.27. The molecule has 3 aromatic rings. The van der Waals surface area contributed by atoms with Crippen molar-refractivity contribution in [3.8, 4) is 0 Å². The number of carbonyl (C=O) groups is 2. The van der Waals surface area contributed by atoms with E-state index in [0.29, 0.717) is 16.6 Å². The van der Waals surface area contributed by atoms with E-state index in [4.69, 9.17) is 0 Å². The van der Waals surface area contributed by atoms with E-state index in [1.165, 1.54) is 15.8 Å². The SMILES string of the molecule is Cc1ccc(N(CC(=O)N2CCCCC2)C(=O)CCn2cnc3ccccc3c2=O)cc1. The maximum absolute atomic E-state index is 13.2. The molecular formula is C25H28N4O3. The Labute approximate surface area is 187 Å². The molecule has 0 aliphatic carbocycles. The Hall–Kier alpha value is -3.48. The minimum Gasteiger partial charge on any atom is -0.341 e. The Kier molecular flexibility index (Phi) is 6.63. The smallest absolute Gasteiger partial charge is 0.261 e. The number of amides is 2. The van der Waals surface area contributed by atoms with E-state index >= 15 is 0 Å². The van der Waals surface area contributed by atoms with Crippen LogP contribution in [0.2, 0.25) is 0 Å². The van der Waals surface area contributed by atoms with E-state index in [-0.39, 0.29) is 36.9 Å². The summed E-state index contributed by atoms with van der Waals surface area (Å²) in [5, 5.41) is 0.526. The number of anilines is 1. The fourth-order valence-corrected chi connectivity index (χ4v) is 4.04. The van der Waals surface area contributed by atoms with Gasteiger partial charge in [-0.2, -0.15) is 0 Å². The molecule has 7 heteroatoms. The van der Waals surface area contributed by atoms with E-state index in [1.807, 2.05) is 42.2 Å². The van der Waals surface area contributed by atoms with Gasteiger partial charge in [0.1, 0.15) is 6.54 Å². The van der Waals surface area contributed by atoms with E-state index in [2.05, 4.69) is 4.98 Å². The van der Waals surface area contributed by atoms with Crippen LogP contribution >= 0.6 is 0 Å². The Morgan fingerprint density at radius 2 is 1.72 bits per heavy atom. The highest BCUT2D eigenvalue weighted by Crippen LogP contribution is 2.18. The number of rotatable bonds is 6. The zero-order valence-corrected chi connectivity index (χ0v) is 18.4. The van der Waals surface area contributed by atoms with Crippen LogP contribution < -0.4 is 10.5 Å². The lowest BCUT2D eigenvalue weighted by atomic mass is 10.1. The number of benzene rings is 2. The molecule has 1 fully saturated rings. The first-order chi connectivity index (χ1) is 15.5. The Balaban J connectivity index is 1.52. The molecule has 0 bridgehead atoms. The maximum atomic E-state index is 13.2. The van der Waals surface area contributed by atoms with Gasteiger partial charge < -0.3 is 9.80 Å². The molecule has 2 aromatic carbocycles. The Morgan fingerprint density at radius 1 is 1.00 bits per heavy atom. The molecule has 0 saturated carbocycles. The van der Waals surface area contributed by atoms with Crippen molar-refractivity contribution in [1.82, 2.24) is 14.5 Å². The van der Waals surface area contributed by atoms with Gasteiger partial charge in [-0.25, -0.2) is 4.98 Å². The molecule has 0 spiro atoms. The molecule has 32 heavy (non-hydrogen) atoms. The standard InChI is InChI=1S/C25H28N4O3/c1-19-9-11-20(12-10-19)29(17-24(31)27-14-5-2-6-15-27)23(30)13-16-28-18-26-22-8-4-3-7-21(22)25(28)32/h3-4,7-12,18H,2,5-6,13-17H2,1H3. The molecule has 7 nitrogen and oxygen atoms in total. The number of carbonyl (C=O) groups excluding carboxylic acids is 2. The third-order valence-electron chi connectivity index (χ3n) is 5.95. The molecule has 2 amide bonds. The van der Waals surface area contributed by atoms with Crippen LogP contribution in [0.25, 0.3) is 10.9 Å². The van der Waals surface area contributed by atoms with Crippen molar-refractivity contribution in [1.29, 1.82) is 0 Å². The van der Waals surface area contributed by atoms with Crippen LogP contribution in [-0.4, -0.2) is 45.9 Å². The summed E-state index contributed by atoms with van der Waals surface area (Å²) < 4.78 is 1.46. The van der Waals surface area contributed by atoms with Crippen LogP contribution in [-0.2, 0) is 16.1 Å². The first kappa shape index (κ1) is 21.7.